The first kappa shape index (κ1) is 7.23. The summed E-state index contributed by atoms with van der Waals surface area (Å²) < 4.78 is 0. The van der Waals surface area contributed by atoms with E-state index in [1.54, 1.807) is 0 Å². The summed E-state index contributed by atoms with van der Waals surface area (Å²) in [6, 6.07) is -0.701. The van der Waals surface area contributed by atoms with Crippen molar-refractivity contribution < 1.29 is 4.79 Å². The molecule has 4 heteroatoms. The third-order valence-electron chi connectivity index (χ3n) is 0.793. The zero-order chi connectivity index (χ0) is 6.57. The number of nitrogens with two attached hydrogens (primary N) is 1. The Morgan fingerprint density at radius 2 is 2.38 bits per heavy atom. The first-order valence-corrected chi connectivity index (χ1v) is 2.23. The molecule has 0 aromatic carbocycles. The highest BCUT2D eigenvalue weighted by molar-refractivity contribution is 5.81. The van der Waals surface area contributed by atoms with Crippen molar-refractivity contribution >= 4 is 5.78 Å². The molecule has 0 saturated heterocycles. The van der Waals surface area contributed by atoms with Crippen molar-refractivity contribution in [3.8, 4) is 0 Å². The third kappa shape index (κ3) is 2.41. The molecule has 0 rings (SSSR count). The zero-order valence-electron chi connectivity index (χ0n) is 4.63. The van der Waals surface area contributed by atoms with Crippen LogP contribution in [0.1, 0.15) is 6.92 Å². The van der Waals surface area contributed by atoms with Crippen LogP contribution in [0.4, 0.5) is 0 Å². The second-order valence-corrected chi connectivity index (χ2v) is 1.53. The van der Waals surface area contributed by atoms with Gasteiger partial charge in [0.05, 0.1) is 6.04 Å². The number of nitroso groups, excluding NO2 is 1. The van der Waals surface area contributed by atoms with E-state index in [2.05, 4.69) is 5.18 Å². The lowest BCUT2D eigenvalue weighted by molar-refractivity contribution is -0.117. The average Bonchev–Trinajstić information content (AvgIpc) is 1.67. The van der Waals surface area contributed by atoms with Gasteiger partial charge in [0.15, 0.2) is 0 Å². The van der Waals surface area contributed by atoms with E-state index in [0.29, 0.717) is 0 Å². The van der Waals surface area contributed by atoms with E-state index in [4.69, 9.17) is 5.73 Å². The molecule has 0 amide bonds. The third-order valence-corrected chi connectivity index (χ3v) is 0.793. The molecule has 0 aromatic rings. The molecular formula is C4H8N2O2. The number of hydrogen-bond acceptors (Lipinski definition) is 4. The highest BCUT2D eigenvalue weighted by Gasteiger charge is 2.05. The normalized spacial score (nSPS) is 12.8. The van der Waals surface area contributed by atoms with E-state index in [-0.39, 0.29) is 12.3 Å². The summed E-state index contributed by atoms with van der Waals surface area (Å²) >= 11 is 0. The molecule has 0 spiro atoms. The molecule has 0 fully saturated rings. The Bertz CT molecular complexity index is 102. The first-order valence-electron chi connectivity index (χ1n) is 2.23. The molecule has 0 aliphatic carbocycles. The highest BCUT2D eigenvalue weighted by Crippen LogP contribution is 1.79. The van der Waals surface area contributed by atoms with Gasteiger partial charge in [0.2, 0.25) is 0 Å². The zero-order valence-corrected chi connectivity index (χ0v) is 4.63. The lowest BCUT2D eigenvalue weighted by atomic mass is 10.2. The van der Waals surface area contributed by atoms with Crippen molar-refractivity contribution in [3.63, 3.8) is 0 Å². The van der Waals surface area contributed by atoms with Crippen molar-refractivity contribution in [2.45, 2.75) is 13.0 Å². The van der Waals surface area contributed by atoms with E-state index in [1.165, 1.54) is 6.92 Å². The second kappa shape index (κ2) is 3.26. The van der Waals surface area contributed by atoms with Crippen LogP contribution >= 0.6 is 0 Å². The van der Waals surface area contributed by atoms with Gasteiger partial charge in [-0.05, 0) is 6.92 Å². The van der Waals surface area contributed by atoms with Gasteiger partial charge in [0, 0.05) is 0 Å². The molecule has 0 heterocycles. The molecular weight excluding hydrogens is 108 g/mol. The van der Waals surface area contributed by atoms with Crippen LogP contribution in [0.25, 0.3) is 0 Å². The van der Waals surface area contributed by atoms with E-state index >= 15 is 0 Å². The maximum absolute atomic E-state index is 10.2. The Balaban J connectivity index is 3.46. The standard InChI is InChI=1S/C4H8N2O2/c1-3(7)4(5)2-6-8/h4H,2,5H2,1H3. The monoisotopic (exact) mass is 116 g/mol. The maximum atomic E-state index is 10.2. The Morgan fingerprint density at radius 3 is 2.50 bits per heavy atom. The number of carbonyl (C=O) groups excluding carboxylic acids is 1. The minimum absolute atomic E-state index is 0.116. The van der Waals surface area contributed by atoms with E-state index in [9.17, 15) is 9.70 Å². The number of hydrogen-bond donors (Lipinski definition) is 1. The van der Waals surface area contributed by atoms with Crippen LogP contribution in [0.15, 0.2) is 5.18 Å². The molecule has 0 saturated carbocycles. The minimum atomic E-state index is -0.701. The smallest absolute Gasteiger partial charge is 0.148 e. The Kier molecular flexibility index (Phi) is 2.95. The van der Waals surface area contributed by atoms with E-state index < -0.39 is 6.04 Å². The SMILES string of the molecule is CC(=O)C(N)CN=O. The van der Waals surface area contributed by atoms with E-state index in [1.807, 2.05) is 0 Å². The quantitative estimate of drug-likeness (QED) is 0.513. The Labute approximate surface area is 47.0 Å². The van der Waals surface area contributed by atoms with Gasteiger partial charge in [-0.15, -0.1) is 0 Å². The predicted octanol–water partition coefficient (Wildman–Crippen LogP) is -0.331. The van der Waals surface area contributed by atoms with Gasteiger partial charge in [-0.3, -0.25) is 4.79 Å². The van der Waals surface area contributed by atoms with Crippen LogP contribution in [0.5, 0.6) is 0 Å². The largest absolute Gasteiger partial charge is 0.320 e. The Morgan fingerprint density at radius 1 is 1.88 bits per heavy atom. The number of carbonyl (C=O) groups is 1. The van der Waals surface area contributed by atoms with Crippen LogP contribution in [-0.2, 0) is 4.79 Å². The summed E-state index contributed by atoms with van der Waals surface area (Å²) in [7, 11) is 0. The van der Waals surface area contributed by atoms with Gasteiger partial charge >= 0.3 is 0 Å². The van der Waals surface area contributed by atoms with Gasteiger partial charge in [0.1, 0.15) is 12.3 Å². The van der Waals surface area contributed by atoms with Crippen LogP contribution in [0.2, 0.25) is 0 Å². The Hall–Kier alpha value is -0.770. The van der Waals surface area contributed by atoms with Crippen LogP contribution in [0, 0.1) is 4.91 Å². The van der Waals surface area contributed by atoms with Crippen molar-refractivity contribution in [2.75, 3.05) is 6.54 Å². The lowest BCUT2D eigenvalue weighted by Crippen LogP contribution is -2.30. The molecule has 0 aliphatic rings. The fourth-order valence-corrected chi connectivity index (χ4v) is 0.209. The molecule has 1 atom stereocenters. The minimum Gasteiger partial charge on any atom is -0.320 e. The summed E-state index contributed by atoms with van der Waals surface area (Å²) in [6.45, 7) is 1.21. The average molecular weight is 116 g/mol. The second-order valence-electron chi connectivity index (χ2n) is 1.53. The fourth-order valence-electron chi connectivity index (χ4n) is 0.209. The number of nitrogens with zero attached hydrogens (tertiary/aromatic N) is 1. The predicted molar refractivity (Wildman–Crippen MR) is 29.3 cm³/mol. The summed E-state index contributed by atoms with van der Waals surface area (Å²) in [5, 5.41) is 2.46. The molecule has 2 N–H and O–H groups in total. The van der Waals surface area contributed by atoms with Crippen molar-refractivity contribution in [1.29, 1.82) is 0 Å². The van der Waals surface area contributed by atoms with Gasteiger partial charge in [0.25, 0.3) is 0 Å². The van der Waals surface area contributed by atoms with Crippen molar-refractivity contribution in [1.82, 2.24) is 0 Å². The molecule has 0 aliphatic heterocycles. The summed E-state index contributed by atoms with van der Waals surface area (Å²) in [5.74, 6) is -0.204. The number of ketones is 1. The molecule has 1 unspecified atom stereocenters. The number of Topliss-reactive ketones (excluding diaryl/α,β-unsaturated/α-hetero) is 1. The molecule has 4 nitrogen and oxygen atoms in total. The highest BCUT2D eigenvalue weighted by atomic mass is 16.3. The van der Waals surface area contributed by atoms with Gasteiger partial charge < -0.3 is 5.73 Å². The summed E-state index contributed by atoms with van der Waals surface area (Å²) in [6.07, 6.45) is 0. The topological polar surface area (TPSA) is 72.5 Å². The summed E-state index contributed by atoms with van der Waals surface area (Å²) in [5.41, 5.74) is 5.08. The van der Waals surface area contributed by atoms with Gasteiger partial charge in [-0.1, -0.05) is 5.18 Å². The van der Waals surface area contributed by atoms with E-state index in [0.717, 1.165) is 0 Å². The van der Waals surface area contributed by atoms with Gasteiger partial charge in [-0.2, -0.15) is 4.91 Å². The van der Waals surface area contributed by atoms with Crippen molar-refractivity contribution in [3.05, 3.63) is 4.91 Å². The molecule has 0 radical (unpaired) electrons. The molecule has 8 heavy (non-hydrogen) atoms. The fraction of sp³-hybridized carbons (Fsp3) is 0.750. The van der Waals surface area contributed by atoms with Crippen molar-refractivity contribution in [2.24, 2.45) is 10.9 Å². The molecule has 0 bridgehead atoms. The first-order chi connectivity index (χ1) is 3.68. The lowest BCUT2D eigenvalue weighted by Gasteiger charge is -1.97. The molecule has 0 aromatic heterocycles. The van der Waals surface area contributed by atoms with Crippen LogP contribution < -0.4 is 5.73 Å². The van der Waals surface area contributed by atoms with Crippen LogP contribution in [0.3, 0.4) is 0 Å². The molecule has 46 valence electrons. The maximum Gasteiger partial charge on any atom is 0.148 e. The summed E-state index contributed by atoms with van der Waals surface area (Å²) in [4.78, 5) is 19.6. The number of rotatable bonds is 3. The van der Waals surface area contributed by atoms with Gasteiger partial charge in [-0.25, -0.2) is 0 Å². The van der Waals surface area contributed by atoms with Crippen LogP contribution in [-0.4, -0.2) is 18.4 Å².